The van der Waals surface area contributed by atoms with Crippen LogP contribution in [0.25, 0.3) is 0 Å². The van der Waals surface area contributed by atoms with E-state index < -0.39 is 117 Å². The number of phenolic OH excluding ortho intramolecular Hbond substituents is 12. The molecule has 5 aromatic rings. The van der Waals surface area contributed by atoms with Gasteiger partial charge in [0.05, 0.1) is 11.5 Å². The Hall–Kier alpha value is -7.27. The maximum atomic E-state index is 13.4. The number of carbonyl (C=O) groups excluding carboxylic acids is 1. The van der Waals surface area contributed by atoms with Crippen LogP contribution >= 0.6 is 0 Å². The minimum atomic E-state index is -1.83. The average Bonchev–Trinajstić information content (AvgIpc) is 3.10. The van der Waals surface area contributed by atoms with E-state index in [1.54, 1.807) is 0 Å². The number of esters is 1. The Bertz CT molecular complexity index is 2310. The van der Waals surface area contributed by atoms with E-state index in [1.807, 2.05) is 0 Å². The summed E-state index contributed by atoms with van der Waals surface area (Å²) in [6, 6.07) is 10.0. The first kappa shape index (κ1) is 35.1. The molecule has 0 amide bonds. The van der Waals surface area contributed by atoms with Crippen LogP contribution in [0.2, 0.25) is 0 Å². The van der Waals surface area contributed by atoms with Gasteiger partial charge in [-0.2, -0.15) is 0 Å². The topological polar surface area (TPSA) is 308 Å². The van der Waals surface area contributed by atoms with Crippen molar-refractivity contribution in [3.8, 4) is 80.5 Å². The summed E-state index contributed by atoms with van der Waals surface area (Å²) in [5.74, 6) is -11.7. The van der Waals surface area contributed by atoms with Crippen molar-refractivity contribution in [2.45, 2.75) is 36.8 Å². The summed E-state index contributed by atoms with van der Waals surface area (Å²) < 4.78 is 18.0. The van der Waals surface area contributed by atoms with Gasteiger partial charge < -0.3 is 80.6 Å². The van der Waals surface area contributed by atoms with E-state index in [0.717, 1.165) is 54.6 Å². The lowest BCUT2D eigenvalue weighted by atomic mass is 9.77. The molecule has 13 N–H and O–H groups in total. The third-order valence-corrected chi connectivity index (χ3v) is 9.31. The smallest absolute Gasteiger partial charge is 0.338 e. The molecule has 17 heteroatoms. The molecule has 0 spiro atoms. The highest BCUT2D eigenvalue weighted by Gasteiger charge is 2.47. The predicted octanol–water partition coefficient (Wildman–Crippen LogP) is 3.68. The van der Waals surface area contributed by atoms with Gasteiger partial charge in [0.1, 0.15) is 46.7 Å². The van der Waals surface area contributed by atoms with Crippen LogP contribution in [0, 0.1) is 0 Å². The molecule has 5 aromatic carbocycles. The fraction of sp³-hybridized carbons (Fsp3) is 0.162. The Balaban J connectivity index is 1.40. The Morgan fingerprint density at radius 2 is 1.17 bits per heavy atom. The highest BCUT2D eigenvalue weighted by Crippen LogP contribution is 2.58. The minimum Gasteiger partial charge on any atom is -0.508 e. The lowest BCUT2D eigenvalue weighted by molar-refractivity contribution is -0.0210. The number of phenols is 12. The van der Waals surface area contributed by atoms with Crippen molar-refractivity contribution in [3.05, 3.63) is 94.0 Å². The molecule has 280 valence electrons. The Labute approximate surface area is 302 Å². The molecule has 2 aliphatic heterocycles. The highest BCUT2D eigenvalue weighted by atomic mass is 16.6. The van der Waals surface area contributed by atoms with Crippen molar-refractivity contribution in [1.82, 2.24) is 0 Å². The lowest BCUT2D eigenvalue weighted by Gasteiger charge is -2.40. The van der Waals surface area contributed by atoms with Crippen LogP contribution in [0.15, 0.2) is 60.7 Å². The van der Waals surface area contributed by atoms with Crippen molar-refractivity contribution in [2.75, 3.05) is 0 Å². The molecule has 0 unspecified atom stereocenters. The third kappa shape index (κ3) is 5.77. The standard InChI is InChI=1S/C37H30O17/c38-15-8-20(42)28-26(9-15)52-35(13-4-22(44)31(48)23(45)5-13)33(50)30(28)29-21(43)11-18(40)16-10-27(53-37(51)14-6-24(46)32(49)25(47)7-14)34(54-36(16)29)12-1-2-17(39)19(41)3-12/h1-9,11,27,30,33-35,38-50H,10H2/t27-,30+,33-,34+,35+/m0/s1. The van der Waals surface area contributed by atoms with Crippen LogP contribution in [-0.2, 0) is 11.2 Å². The van der Waals surface area contributed by atoms with E-state index in [9.17, 15) is 71.2 Å². The second kappa shape index (κ2) is 12.7. The first-order valence-corrected chi connectivity index (χ1v) is 15.9. The molecule has 7 rings (SSSR count). The van der Waals surface area contributed by atoms with Gasteiger partial charge in [-0.05, 0) is 36.4 Å². The summed E-state index contributed by atoms with van der Waals surface area (Å²) in [6.07, 6.45) is -6.60. The molecule has 0 saturated heterocycles. The maximum absolute atomic E-state index is 13.4. The number of fused-ring (bicyclic) bond motifs is 2. The third-order valence-electron chi connectivity index (χ3n) is 9.31. The Kier molecular flexibility index (Phi) is 8.29. The zero-order valence-electron chi connectivity index (χ0n) is 27.3. The van der Waals surface area contributed by atoms with Crippen LogP contribution in [0.4, 0.5) is 0 Å². The van der Waals surface area contributed by atoms with E-state index in [0.29, 0.717) is 0 Å². The summed E-state index contributed by atoms with van der Waals surface area (Å²) in [7, 11) is 0. The second-order valence-corrected chi connectivity index (χ2v) is 12.7. The number of aromatic hydroxyl groups is 12. The van der Waals surface area contributed by atoms with Gasteiger partial charge in [0.2, 0.25) is 0 Å². The van der Waals surface area contributed by atoms with Crippen LogP contribution in [0.5, 0.6) is 80.5 Å². The van der Waals surface area contributed by atoms with Crippen LogP contribution in [-0.4, -0.2) is 84.6 Å². The van der Waals surface area contributed by atoms with Gasteiger partial charge in [-0.25, -0.2) is 4.79 Å². The SMILES string of the molecule is O=C(O[C@H]1Cc2c(O)cc(O)c([C@H]3c4c(O)cc(O)cc4O[C@H](c4cc(O)c(O)c(O)c4)[C@H]3O)c2O[C@@H]1c1ccc(O)c(O)c1)c1cc(O)c(O)c(O)c1. The number of benzene rings is 5. The molecule has 0 saturated carbocycles. The minimum absolute atomic E-state index is 0.0764. The monoisotopic (exact) mass is 746 g/mol. The summed E-state index contributed by atoms with van der Waals surface area (Å²) >= 11 is 0. The molecule has 2 heterocycles. The summed E-state index contributed by atoms with van der Waals surface area (Å²) in [6.45, 7) is 0. The molecule has 0 aliphatic carbocycles. The van der Waals surface area contributed by atoms with E-state index >= 15 is 0 Å². The first-order valence-electron chi connectivity index (χ1n) is 15.9. The van der Waals surface area contributed by atoms with Crippen molar-refractivity contribution < 1.29 is 85.4 Å². The number of hydrogen-bond acceptors (Lipinski definition) is 17. The molecule has 0 fully saturated rings. The van der Waals surface area contributed by atoms with Gasteiger partial charge in [-0.3, -0.25) is 0 Å². The molecule has 54 heavy (non-hydrogen) atoms. The molecule has 17 nitrogen and oxygen atoms in total. The number of ether oxygens (including phenoxy) is 3. The predicted molar refractivity (Wildman–Crippen MR) is 180 cm³/mol. The van der Waals surface area contributed by atoms with E-state index in [1.165, 1.54) is 6.07 Å². The van der Waals surface area contributed by atoms with Gasteiger partial charge >= 0.3 is 5.97 Å². The molecule has 5 atom stereocenters. The quantitative estimate of drug-likeness (QED) is 0.0901. The molecular formula is C37H30O17. The number of rotatable bonds is 5. The van der Waals surface area contributed by atoms with Crippen molar-refractivity contribution in [2.24, 2.45) is 0 Å². The van der Waals surface area contributed by atoms with E-state index in [4.69, 9.17) is 14.2 Å². The van der Waals surface area contributed by atoms with Crippen molar-refractivity contribution >= 4 is 5.97 Å². The Morgan fingerprint density at radius 3 is 1.80 bits per heavy atom. The van der Waals surface area contributed by atoms with Gasteiger partial charge in [0.15, 0.2) is 58.2 Å². The molecule has 0 bridgehead atoms. The number of carbonyl (C=O) groups is 1. The highest BCUT2D eigenvalue weighted by molar-refractivity contribution is 5.91. The van der Waals surface area contributed by atoms with Gasteiger partial charge in [0.25, 0.3) is 0 Å². The lowest BCUT2D eigenvalue weighted by Crippen LogP contribution is -2.38. The first-order chi connectivity index (χ1) is 25.5. The van der Waals surface area contributed by atoms with E-state index in [-0.39, 0.29) is 39.3 Å². The number of aliphatic hydroxyl groups is 1. The summed E-state index contributed by atoms with van der Waals surface area (Å²) in [5.41, 5.74) is -0.995. The molecule has 0 radical (unpaired) electrons. The Morgan fingerprint density at radius 1 is 0.574 bits per heavy atom. The normalized spacial score (nSPS) is 20.2. The fourth-order valence-corrected chi connectivity index (χ4v) is 6.79. The number of aliphatic hydroxyl groups excluding tert-OH is 1. The van der Waals surface area contributed by atoms with Crippen LogP contribution in [0.1, 0.15) is 56.3 Å². The average molecular weight is 747 g/mol. The maximum Gasteiger partial charge on any atom is 0.338 e. The van der Waals surface area contributed by atoms with Crippen molar-refractivity contribution in [3.63, 3.8) is 0 Å². The molecule has 2 aliphatic rings. The zero-order chi connectivity index (χ0) is 38.9. The van der Waals surface area contributed by atoms with Crippen LogP contribution in [0.3, 0.4) is 0 Å². The number of hydrogen-bond donors (Lipinski definition) is 13. The summed E-state index contributed by atoms with van der Waals surface area (Å²) in [5, 5.41) is 137. The van der Waals surface area contributed by atoms with E-state index in [2.05, 4.69) is 0 Å². The van der Waals surface area contributed by atoms with Gasteiger partial charge in [-0.15, -0.1) is 0 Å². The molecular weight excluding hydrogens is 716 g/mol. The summed E-state index contributed by atoms with van der Waals surface area (Å²) in [4.78, 5) is 13.4. The largest absolute Gasteiger partial charge is 0.508 e. The van der Waals surface area contributed by atoms with Gasteiger partial charge in [0, 0.05) is 52.4 Å². The van der Waals surface area contributed by atoms with Crippen LogP contribution < -0.4 is 9.47 Å². The fourth-order valence-electron chi connectivity index (χ4n) is 6.79. The second-order valence-electron chi connectivity index (χ2n) is 12.7. The molecule has 0 aromatic heterocycles. The zero-order valence-corrected chi connectivity index (χ0v) is 27.3. The van der Waals surface area contributed by atoms with Crippen molar-refractivity contribution in [1.29, 1.82) is 0 Å². The van der Waals surface area contributed by atoms with Gasteiger partial charge in [-0.1, -0.05) is 6.07 Å².